The van der Waals surface area contributed by atoms with E-state index in [2.05, 4.69) is 25.6 Å². The van der Waals surface area contributed by atoms with Crippen LogP contribution in [-0.4, -0.2) is 54.5 Å². The lowest BCUT2D eigenvalue weighted by Gasteiger charge is -2.14. The highest BCUT2D eigenvalue weighted by Crippen LogP contribution is 2.36. The number of hydrogen-bond acceptors (Lipinski definition) is 9. The van der Waals surface area contributed by atoms with Gasteiger partial charge >= 0.3 is 0 Å². The van der Waals surface area contributed by atoms with Gasteiger partial charge in [0.1, 0.15) is 16.4 Å². The first-order valence-corrected chi connectivity index (χ1v) is 12.4. The van der Waals surface area contributed by atoms with Crippen LogP contribution in [0.1, 0.15) is 18.9 Å². The molecule has 0 radical (unpaired) electrons. The molecule has 2 aromatic carbocycles. The van der Waals surface area contributed by atoms with E-state index in [1.165, 1.54) is 38.1 Å². The Morgan fingerprint density at radius 2 is 1.85 bits per heavy atom. The van der Waals surface area contributed by atoms with Crippen molar-refractivity contribution in [1.82, 2.24) is 20.2 Å². The molecule has 0 aliphatic heterocycles. The molecule has 0 bridgehead atoms. The van der Waals surface area contributed by atoms with Gasteiger partial charge < -0.3 is 14.8 Å². The lowest BCUT2D eigenvalue weighted by molar-refractivity contribution is -0.113. The number of nitrogens with zero attached hydrogens (tertiary/aromatic N) is 4. The van der Waals surface area contributed by atoms with Crippen molar-refractivity contribution in [2.45, 2.75) is 28.9 Å². The van der Waals surface area contributed by atoms with Crippen LogP contribution in [0.25, 0.3) is 0 Å². The average molecular weight is 491 g/mol. The minimum atomic E-state index is -3.99. The smallest absolute Gasteiger partial charge is 0.265 e. The van der Waals surface area contributed by atoms with E-state index < -0.39 is 10.0 Å². The normalized spacial score (nSPS) is 13.4. The molecule has 1 aromatic heterocycles. The molecular formula is C20H22N6O5S2. The average Bonchev–Trinajstić information content (AvgIpc) is 3.55. The van der Waals surface area contributed by atoms with Gasteiger partial charge in [0, 0.05) is 11.4 Å². The maximum absolute atomic E-state index is 13.0. The monoisotopic (exact) mass is 490 g/mol. The SMILES string of the molecule is COc1ccc(NS(=O)(=O)c2cc(NC(=O)CSc3nnnn3C3CC3)ccc2OC)cc1. The van der Waals surface area contributed by atoms with Crippen molar-refractivity contribution >= 4 is 39.1 Å². The number of hydrogen-bond donors (Lipinski definition) is 2. The van der Waals surface area contributed by atoms with Crippen molar-refractivity contribution in [2.24, 2.45) is 0 Å². The van der Waals surface area contributed by atoms with Gasteiger partial charge in [0.05, 0.1) is 26.0 Å². The fourth-order valence-corrected chi connectivity index (χ4v) is 4.99. The van der Waals surface area contributed by atoms with Crippen molar-refractivity contribution in [3.63, 3.8) is 0 Å². The molecule has 1 fully saturated rings. The summed E-state index contributed by atoms with van der Waals surface area (Å²) < 4.78 is 40.5. The maximum Gasteiger partial charge on any atom is 0.265 e. The van der Waals surface area contributed by atoms with E-state index in [1.807, 2.05) is 0 Å². The number of sulfonamides is 1. The number of carbonyl (C=O) groups is 1. The number of thioether (sulfide) groups is 1. The van der Waals surface area contributed by atoms with Crippen LogP contribution < -0.4 is 19.5 Å². The summed E-state index contributed by atoms with van der Waals surface area (Å²) in [5, 5.41) is 14.8. The molecule has 0 saturated heterocycles. The van der Waals surface area contributed by atoms with Crippen molar-refractivity contribution < 1.29 is 22.7 Å². The summed E-state index contributed by atoms with van der Waals surface area (Å²) in [5.74, 6) is 0.504. The molecule has 4 rings (SSSR count). The number of carbonyl (C=O) groups excluding carboxylic acids is 1. The van der Waals surface area contributed by atoms with E-state index in [9.17, 15) is 13.2 Å². The van der Waals surface area contributed by atoms with E-state index in [0.717, 1.165) is 12.8 Å². The van der Waals surface area contributed by atoms with Crippen molar-refractivity contribution in [2.75, 3.05) is 30.0 Å². The summed E-state index contributed by atoms with van der Waals surface area (Å²) in [6.07, 6.45) is 2.05. The van der Waals surface area contributed by atoms with Gasteiger partial charge in [0.25, 0.3) is 10.0 Å². The zero-order valence-electron chi connectivity index (χ0n) is 17.9. The lowest BCUT2D eigenvalue weighted by Crippen LogP contribution is -2.17. The second-order valence-corrected chi connectivity index (χ2v) is 9.77. The Balaban J connectivity index is 1.45. The molecule has 1 amide bonds. The van der Waals surface area contributed by atoms with E-state index in [0.29, 0.717) is 28.3 Å². The Labute approximate surface area is 194 Å². The molecule has 3 aromatic rings. The fraction of sp³-hybridized carbons (Fsp3) is 0.300. The number of rotatable bonds is 10. The molecule has 33 heavy (non-hydrogen) atoms. The van der Waals surface area contributed by atoms with Crippen molar-refractivity contribution in [1.29, 1.82) is 0 Å². The number of ether oxygens (including phenoxy) is 2. The third-order valence-corrected chi connectivity index (χ3v) is 7.10. The first-order chi connectivity index (χ1) is 15.9. The Morgan fingerprint density at radius 3 is 2.52 bits per heavy atom. The highest BCUT2D eigenvalue weighted by atomic mass is 32.2. The van der Waals surface area contributed by atoms with Gasteiger partial charge in [-0.1, -0.05) is 11.8 Å². The summed E-state index contributed by atoms with van der Waals surface area (Å²) in [6.45, 7) is 0. The zero-order chi connectivity index (χ0) is 23.4. The molecule has 13 heteroatoms. The number of methoxy groups -OCH3 is 2. The van der Waals surface area contributed by atoms with Gasteiger partial charge in [0.15, 0.2) is 0 Å². The van der Waals surface area contributed by atoms with Crippen molar-refractivity contribution in [3.05, 3.63) is 42.5 Å². The van der Waals surface area contributed by atoms with Crippen LogP contribution in [0.5, 0.6) is 11.5 Å². The largest absolute Gasteiger partial charge is 0.497 e. The van der Waals surface area contributed by atoms with Gasteiger partial charge in [-0.2, -0.15) is 0 Å². The highest BCUT2D eigenvalue weighted by molar-refractivity contribution is 7.99. The molecule has 11 nitrogen and oxygen atoms in total. The third kappa shape index (κ3) is 5.54. The first-order valence-electron chi connectivity index (χ1n) is 9.95. The number of benzene rings is 2. The summed E-state index contributed by atoms with van der Waals surface area (Å²) in [7, 11) is -1.09. The second-order valence-electron chi connectivity index (χ2n) is 7.17. The van der Waals surface area contributed by atoms with Gasteiger partial charge in [-0.25, -0.2) is 13.1 Å². The molecule has 1 aliphatic carbocycles. The van der Waals surface area contributed by atoms with Gasteiger partial charge in [-0.15, -0.1) is 5.10 Å². The Kier molecular flexibility index (Phi) is 6.70. The van der Waals surface area contributed by atoms with E-state index in [-0.39, 0.29) is 22.3 Å². The molecule has 0 atom stereocenters. The summed E-state index contributed by atoms with van der Waals surface area (Å²) >= 11 is 1.22. The fourth-order valence-electron chi connectivity index (χ4n) is 2.99. The van der Waals surface area contributed by atoms with Crippen LogP contribution in [0, 0.1) is 0 Å². The third-order valence-electron chi connectivity index (χ3n) is 4.77. The Morgan fingerprint density at radius 1 is 1.12 bits per heavy atom. The maximum atomic E-state index is 13.0. The summed E-state index contributed by atoms with van der Waals surface area (Å²) in [4.78, 5) is 12.3. The predicted octanol–water partition coefficient (Wildman–Crippen LogP) is 2.56. The van der Waals surface area contributed by atoms with Crippen LogP contribution in [0.3, 0.4) is 0 Å². The molecular weight excluding hydrogens is 468 g/mol. The second kappa shape index (κ2) is 9.67. The molecule has 1 aliphatic rings. The number of amides is 1. The quantitative estimate of drug-likeness (QED) is 0.411. The molecule has 0 spiro atoms. The number of tetrazole rings is 1. The molecule has 1 heterocycles. The van der Waals surface area contributed by atoms with E-state index >= 15 is 0 Å². The lowest BCUT2D eigenvalue weighted by atomic mass is 10.3. The molecule has 0 unspecified atom stereocenters. The first kappa shape index (κ1) is 22.9. The minimum absolute atomic E-state index is 0.0747. The summed E-state index contributed by atoms with van der Waals surface area (Å²) in [6, 6.07) is 11.2. The van der Waals surface area contributed by atoms with Gasteiger partial charge in [-0.05, 0) is 65.7 Å². The topological polar surface area (TPSA) is 137 Å². The van der Waals surface area contributed by atoms with Crippen LogP contribution in [-0.2, 0) is 14.8 Å². The number of nitrogens with one attached hydrogen (secondary N) is 2. The molecule has 174 valence electrons. The highest BCUT2D eigenvalue weighted by Gasteiger charge is 2.28. The van der Waals surface area contributed by atoms with E-state index in [1.54, 1.807) is 35.0 Å². The van der Waals surface area contributed by atoms with Crippen LogP contribution >= 0.6 is 11.8 Å². The summed E-state index contributed by atoms with van der Waals surface area (Å²) in [5.41, 5.74) is 0.676. The minimum Gasteiger partial charge on any atom is -0.497 e. The van der Waals surface area contributed by atoms with Gasteiger partial charge in [-0.3, -0.25) is 9.52 Å². The van der Waals surface area contributed by atoms with Crippen molar-refractivity contribution in [3.8, 4) is 11.5 Å². The van der Waals surface area contributed by atoms with Gasteiger partial charge in [0.2, 0.25) is 11.1 Å². The number of aromatic nitrogens is 4. The molecule has 1 saturated carbocycles. The Bertz CT molecular complexity index is 1240. The molecule has 2 N–H and O–H groups in total. The predicted molar refractivity (Wildman–Crippen MR) is 122 cm³/mol. The van der Waals surface area contributed by atoms with Crippen LogP contribution in [0.4, 0.5) is 11.4 Å². The number of anilines is 2. The standard InChI is InChI=1S/C20H22N6O5S2/c1-30-16-8-3-13(4-9-16)23-33(28,29)18-11-14(5-10-17(18)31-2)21-19(27)12-32-20-22-24-25-26(20)15-6-7-15/h3-5,8-11,15,23H,6-7,12H2,1-2H3,(H,21,27). The van der Waals surface area contributed by atoms with Crippen LogP contribution in [0.15, 0.2) is 52.5 Å². The van der Waals surface area contributed by atoms with Crippen LogP contribution in [0.2, 0.25) is 0 Å². The van der Waals surface area contributed by atoms with E-state index in [4.69, 9.17) is 9.47 Å². The zero-order valence-corrected chi connectivity index (χ0v) is 19.5. The Hall–Kier alpha value is -3.32.